The van der Waals surface area contributed by atoms with Gasteiger partial charge in [-0.3, -0.25) is 0 Å². The molecule has 1 N–H and O–H groups in total. The number of nitrogens with one attached hydrogen (secondary N) is 1. The van der Waals surface area contributed by atoms with Crippen LogP contribution in [0.25, 0.3) is 11.6 Å². The molecule has 2 aromatic rings. The molecular formula is C10H10BrClN4. The zero-order valence-electron chi connectivity index (χ0n) is 8.83. The normalized spacial score (nSPS) is 11.1. The molecule has 2 heterocycles. The van der Waals surface area contributed by atoms with Gasteiger partial charge in [-0.05, 0) is 21.8 Å². The lowest BCUT2D eigenvalue weighted by atomic mass is 10.1. The number of nitrogens with zero attached hydrogens (tertiary/aromatic N) is 3. The molecule has 0 aliphatic carbocycles. The molecule has 0 unspecified atom stereocenters. The van der Waals surface area contributed by atoms with Crippen molar-refractivity contribution in [3.8, 4) is 11.6 Å². The lowest BCUT2D eigenvalue weighted by Crippen LogP contribution is -2.01. The van der Waals surface area contributed by atoms with Crippen LogP contribution in [0.2, 0.25) is 5.15 Å². The van der Waals surface area contributed by atoms with Crippen molar-refractivity contribution in [2.45, 2.75) is 19.8 Å². The second-order valence-electron chi connectivity index (χ2n) is 3.63. The van der Waals surface area contributed by atoms with Crippen LogP contribution in [0.5, 0.6) is 0 Å². The molecule has 0 aliphatic heterocycles. The predicted molar refractivity (Wildman–Crippen MR) is 66.4 cm³/mol. The molecule has 0 bridgehead atoms. The zero-order valence-corrected chi connectivity index (χ0v) is 11.2. The van der Waals surface area contributed by atoms with Crippen molar-refractivity contribution in [2.24, 2.45) is 0 Å². The Balaban J connectivity index is 2.57. The fourth-order valence-electron chi connectivity index (χ4n) is 1.31. The highest BCUT2D eigenvalue weighted by molar-refractivity contribution is 9.10. The van der Waals surface area contributed by atoms with Gasteiger partial charge in [-0.1, -0.05) is 25.4 Å². The van der Waals surface area contributed by atoms with Crippen LogP contribution in [0.4, 0.5) is 0 Å². The fraction of sp³-hybridized carbons (Fsp3) is 0.300. The Hall–Kier alpha value is -0.940. The highest BCUT2D eigenvalue weighted by Crippen LogP contribution is 2.30. The summed E-state index contributed by atoms with van der Waals surface area (Å²) in [5, 5.41) is 0.408. The number of hydrogen-bond acceptors (Lipinski definition) is 3. The fourth-order valence-corrected chi connectivity index (χ4v) is 2.12. The Morgan fingerprint density at radius 1 is 1.38 bits per heavy atom. The average molecular weight is 302 g/mol. The number of aromatic nitrogens is 4. The van der Waals surface area contributed by atoms with Gasteiger partial charge < -0.3 is 4.98 Å². The summed E-state index contributed by atoms with van der Waals surface area (Å²) < 4.78 is 0.750. The summed E-state index contributed by atoms with van der Waals surface area (Å²) in [6.07, 6.45) is 3.38. The molecule has 6 heteroatoms. The maximum Gasteiger partial charge on any atom is 0.197 e. The van der Waals surface area contributed by atoms with Crippen LogP contribution in [-0.2, 0) is 0 Å². The van der Waals surface area contributed by atoms with Crippen LogP contribution in [-0.4, -0.2) is 19.9 Å². The zero-order chi connectivity index (χ0) is 11.7. The SMILES string of the molecule is CC(C)c1nc(-c2ncc[nH]2)nc(Cl)c1Br. The summed E-state index contributed by atoms with van der Waals surface area (Å²) >= 11 is 9.43. The Morgan fingerprint density at radius 3 is 2.69 bits per heavy atom. The first kappa shape index (κ1) is 11.5. The third kappa shape index (κ3) is 2.10. The summed E-state index contributed by atoms with van der Waals surface area (Å²) in [7, 11) is 0. The first-order valence-electron chi connectivity index (χ1n) is 4.82. The van der Waals surface area contributed by atoms with Gasteiger partial charge in [0.1, 0.15) is 5.15 Å². The van der Waals surface area contributed by atoms with Crippen molar-refractivity contribution >= 4 is 27.5 Å². The van der Waals surface area contributed by atoms with Gasteiger partial charge in [0, 0.05) is 12.4 Å². The van der Waals surface area contributed by atoms with Crippen LogP contribution in [0.15, 0.2) is 16.9 Å². The summed E-state index contributed by atoms with van der Waals surface area (Å²) in [6, 6.07) is 0. The van der Waals surface area contributed by atoms with Gasteiger partial charge in [0.2, 0.25) is 0 Å². The molecule has 84 valence electrons. The molecule has 0 saturated heterocycles. The molecule has 0 radical (unpaired) electrons. The third-order valence-corrected chi connectivity index (χ3v) is 3.38. The Kier molecular flexibility index (Phi) is 3.25. The van der Waals surface area contributed by atoms with E-state index in [1.165, 1.54) is 0 Å². The second kappa shape index (κ2) is 4.51. The van der Waals surface area contributed by atoms with E-state index in [1.54, 1.807) is 12.4 Å². The predicted octanol–water partition coefficient (Wildman–Crippen LogP) is 3.41. The molecule has 2 rings (SSSR count). The van der Waals surface area contributed by atoms with Gasteiger partial charge in [0.05, 0.1) is 10.2 Å². The number of halogens is 2. The number of imidazole rings is 1. The van der Waals surface area contributed by atoms with Gasteiger partial charge >= 0.3 is 0 Å². The molecule has 16 heavy (non-hydrogen) atoms. The summed E-state index contributed by atoms with van der Waals surface area (Å²) in [4.78, 5) is 15.7. The molecule has 0 amide bonds. The van der Waals surface area contributed by atoms with Gasteiger partial charge in [-0.15, -0.1) is 0 Å². The number of rotatable bonds is 2. The minimum absolute atomic E-state index is 0.267. The lowest BCUT2D eigenvalue weighted by molar-refractivity contribution is 0.807. The molecule has 0 spiro atoms. The second-order valence-corrected chi connectivity index (χ2v) is 4.78. The molecule has 0 atom stereocenters. The van der Waals surface area contributed by atoms with Crippen LogP contribution in [0.1, 0.15) is 25.5 Å². The standard InChI is InChI=1S/C10H10BrClN4/c1-5(2)7-6(11)8(12)16-10(15-7)9-13-3-4-14-9/h3-5H,1-2H3,(H,13,14). The lowest BCUT2D eigenvalue weighted by Gasteiger charge is -2.09. The highest BCUT2D eigenvalue weighted by atomic mass is 79.9. The molecule has 2 aromatic heterocycles. The van der Waals surface area contributed by atoms with Gasteiger partial charge in [-0.25, -0.2) is 15.0 Å². The van der Waals surface area contributed by atoms with Crippen molar-refractivity contribution in [3.63, 3.8) is 0 Å². The minimum atomic E-state index is 0.267. The molecule has 0 fully saturated rings. The first-order chi connectivity index (χ1) is 7.59. The van der Waals surface area contributed by atoms with Crippen LogP contribution >= 0.6 is 27.5 Å². The van der Waals surface area contributed by atoms with E-state index in [-0.39, 0.29) is 5.92 Å². The Morgan fingerprint density at radius 2 is 2.12 bits per heavy atom. The van der Waals surface area contributed by atoms with Crippen molar-refractivity contribution in [1.82, 2.24) is 19.9 Å². The highest BCUT2D eigenvalue weighted by Gasteiger charge is 2.15. The van der Waals surface area contributed by atoms with Crippen molar-refractivity contribution < 1.29 is 0 Å². The van der Waals surface area contributed by atoms with E-state index in [1.807, 2.05) is 0 Å². The van der Waals surface area contributed by atoms with E-state index in [9.17, 15) is 0 Å². The molecular weight excluding hydrogens is 291 g/mol. The Bertz CT molecular complexity index is 496. The molecule has 4 nitrogen and oxygen atoms in total. The maximum atomic E-state index is 6.04. The quantitative estimate of drug-likeness (QED) is 0.865. The van der Waals surface area contributed by atoms with Gasteiger partial charge in [-0.2, -0.15) is 0 Å². The smallest absolute Gasteiger partial charge is 0.197 e. The topological polar surface area (TPSA) is 54.5 Å². The van der Waals surface area contributed by atoms with Gasteiger partial charge in [0.15, 0.2) is 11.6 Å². The number of H-pyrrole nitrogens is 1. The Labute approximate surface area is 107 Å². The summed E-state index contributed by atoms with van der Waals surface area (Å²) in [5.41, 5.74) is 0.881. The van der Waals surface area contributed by atoms with Crippen LogP contribution in [0.3, 0.4) is 0 Å². The van der Waals surface area contributed by atoms with E-state index in [0.29, 0.717) is 16.8 Å². The van der Waals surface area contributed by atoms with E-state index in [2.05, 4.69) is 49.7 Å². The third-order valence-electron chi connectivity index (χ3n) is 2.09. The first-order valence-corrected chi connectivity index (χ1v) is 5.99. The van der Waals surface area contributed by atoms with E-state index < -0.39 is 0 Å². The molecule has 0 aromatic carbocycles. The van der Waals surface area contributed by atoms with Crippen molar-refractivity contribution in [2.75, 3.05) is 0 Å². The minimum Gasteiger partial charge on any atom is -0.342 e. The maximum absolute atomic E-state index is 6.04. The molecule has 0 aliphatic rings. The van der Waals surface area contributed by atoms with E-state index in [4.69, 9.17) is 11.6 Å². The monoisotopic (exact) mass is 300 g/mol. The van der Waals surface area contributed by atoms with Crippen molar-refractivity contribution in [1.29, 1.82) is 0 Å². The van der Waals surface area contributed by atoms with Gasteiger partial charge in [0.25, 0.3) is 0 Å². The largest absolute Gasteiger partial charge is 0.342 e. The average Bonchev–Trinajstić information content (AvgIpc) is 2.74. The van der Waals surface area contributed by atoms with E-state index >= 15 is 0 Å². The summed E-state index contributed by atoms with van der Waals surface area (Å²) in [5.74, 6) is 1.40. The molecule has 0 saturated carbocycles. The van der Waals surface area contributed by atoms with Crippen LogP contribution in [0, 0.1) is 0 Å². The van der Waals surface area contributed by atoms with Crippen molar-refractivity contribution in [3.05, 3.63) is 27.7 Å². The number of hydrogen-bond donors (Lipinski definition) is 1. The number of aromatic amines is 1. The summed E-state index contributed by atoms with van der Waals surface area (Å²) in [6.45, 7) is 4.10. The van der Waals surface area contributed by atoms with E-state index in [0.717, 1.165) is 10.2 Å². The van der Waals surface area contributed by atoms with Crippen LogP contribution < -0.4 is 0 Å².